The average molecular weight is 561 g/mol. The van der Waals surface area contributed by atoms with Crippen molar-refractivity contribution in [2.45, 2.75) is 37.4 Å². The molecule has 4 rings (SSSR count). The van der Waals surface area contributed by atoms with Gasteiger partial charge in [0.05, 0.1) is 16.7 Å². The van der Waals surface area contributed by atoms with Crippen LogP contribution in [0.1, 0.15) is 34.7 Å². The summed E-state index contributed by atoms with van der Waals surface area (Å²) in [6.45, 7) is 3.37. The van der Waals surface area contributed by atoms with Crippen LogP contribution in [0.5, 0.6) is 0 Å². The normalized spacial score (nSPS) is 17.2. The molecule has 1 aliphatic heterocycles. The van der Waals surface area contributed by atoms with E-state index in [0.29, 0.717) is 31.9 Å². The van der Waals surface area contributed by atoms with Gasteiger partial charge in [0.25, 0.3) is 0 Å². The third-order valence-electron chi connectivity index (χ3n) is 7.13. The van der Waals surface area contributed by atoms with Crippen LogP contribution in [0.3, 0.4) is 0 Å². The van der Waals surface area contributed by atoms with Crippen molar-refractivity contribution in [2.75, 3.05) is 31.1 Å². The SMILES string of the molecule is CC(Cc1cc(C(F)(F)F)cc(C(F)(F)F)c1)(c1ccccc1)N1CCN(c2ccc(C(F)(F)F)cc2)CC1. The first kappa shape index (κ1) is 28.8. The van der Waals surface area contributed by atoms with E-state index in [0.717, 1.165) is 29.8 Å². The van der Waals surface area contributed by atoms with Crippen molar-refractivity contribution in [3.63, 3.8) is 0 Å². The van der Waals surface area contributed by atoms with Crippen molar-refractivity contribution >= 4 is 5.69 Å². The molecule has 1 atom stereocenters. The van der Waals surface area contributed by atoms with Gasteiger partial charge >= 0.3 is 18.5 Å². The minimum absolute atomic E-state index is 0.103. The molecular formula is C28H25F9N2. The summed E-state index contributed by atoms with van der Waals surface area (Å²) >= 11 is 0. The maximum atomic E-state index is 13.5. The van der Waals surface area contributed by atoms with Gasteiger partial charge in [-0.25, -0.2) is 0 Å². The topological polar surface area (TPSA) is 6.48 Å². The summed E-state index contributed by atoms with van der Waals surface area (Å²) in [5.74, 6) is 0. The van der Waals surface area contributed by atoms with Crippen LogP contribution in [0.15, 0.2) is 72.8 Å². The Kier molecular flexibility index (Phi) is 7.68. The molecule has 0 N–H and O–H groups in total. The number of hydrogen-bond donors (Lipinski definition) is 0. The molecule has 0 saturated carbocycles. The number of piperazine rings is 1. The fraction of sp³-hybridized carbons (Fsp3) is 0.357. The molecule has 1 saturated heterocycles. The molecule has 1 fully saturated rings. The van der Waals surface area contributed by atoms with Gasteiger partial charge in [0, 0.05) is 37.4 Å². The average Bonchev–Trinajstić information content (AvgIpc) is 2.87. The zero-order chi connectivity index (χ0) is 28.6. The zero-order valence-corrected chi connectivity index (χ0v) is 20.8. The number of halogens is 9. The standard InChI is InChI=1S/C28H25F9N2/c1-25(20-5-3-2-4-6-20,18-19-15-22(27(32,33)34)17-23(16-19)28(35,36)37)39-13-11-38(12-14-39)24-9-7-21(8-10-24)26(29,30)31/h2-10,15-17H,11-14,18H2,1H3. The summed E-state index contributed by atoms with van der Waals surface area (Å²) in [5, 5.41) is 0. The molecule has 39 heavy (non-hydrogen) atoms. The molecule has 210 valence electrons. The maximum absolute atomic E-state index is 13.5. The van der Waals surface area contributed by atoms with E-state index in [1.165, 1.54) is 12.1 Å². The smallest absolute Gasteiger partial charge is 0.369 e. The molecule has 1 aliphatic rings. The number of benzene rings is 3. The van der Waals surface area contributed by atoms with Crippen LogP contribution in [0.4, 0.5) is 45.2 Å². The van der Waals surface area contributed by atoms with Gasteiger partial charge in [0.2, 0.25) is 0 Å². The number of hydrogen-bond acceptors (Lipinski definition) is 2. The van der Waals surface area contributed by atoms with E-state index in [4.69, 9.17) is 0 Å². The molecule has 0 amide bonds. The van der Waals surface area contributed by atoms with Gasteiger partial charge in [-0.15, -0.1) is 0 Å². The van der Waals surface area contributed by atoms with Gasteiger partial charge in [0.15, 0.2) is 0 Å². The van der Waals surface area contributed by atoms with Gasteiger partial charge in [0.1, 0.15) is 0 Å². The van der Waals surface area contributed by atoms with Gasteiger partial charge < -0.3 is 4.90 Å². The Bertz CT molecular complexity index is 1230. The van der Waals surface area contributed by atoms with Crippen LogP contribution in [-0.2, 0) is 30.5 Å². The third kappa shape index (κ3) is 6.51. The quantitative estimate of drug-likeness (QED) is 0.292. The van der Waals surface area contributed by atoms with E-state index in [1.807, 2.05) is 9.80 Å². The van der Waals surface area contributed by atoms with Gasteiger partial charge in [-0.2, -0.15) is 39.5 Å². The lowest BCUT2D eigenvalue weighted by atomic mass is 9.82. The molecule has 11 heteroatoms. The Morgan fingerprint density at radius 3 is 1.51 bits per heavy atom. The molecule has 2 nitrogen and oxygen atoms in total. The summed E-state index contributed by atoms with van der Waals surface area (Å²) in [7, 11) is 0. The van der Waals surface area contributed by atoms with Crippen LogP contribution in [-0.4, -0.2) is 31.1 Å². The largest absolute Gasteiger partial charge is 0.416 e. The number of alkyl halides is 9. The number of rotatable bonds is 5. The molecule has 1 unspecified atom stereocenters. The Hall–Kier alpha value is -3.21. The highest BCUT2D eigenvalue weighted by Crippen LogP contribution is 2.40. The lowest BCUT2D eigenvalue weighted by Crippen LogP contribution is -2.55. The van der Waals surface area contributed by atoms with Gasteiger partial charge in [-0.3, -0.25) is 4.90 Å². The van der Waals surface area contributed by atoms with Crippen LogP contribution < -0.4 is 4.90 Å². The predicted octanol–water partition coefficient (Wildman–Crippen LogP) is 8.02. The molecule has 0 radical (unpaired) electrons. The van der Waals surface area contributed by atoms with Crippen molar-refractivity contribution in [3.8, 4) is 0 Å². The summed E-state index contributed by atoms with van der Waals surface area (Å²) in [6.07, 6.45) is -14.5. The number of anilines is 1. The first-order chi connectivity index (χ1) is 18.1. The monoisotopic (exact) mass is 560 g/mol. The van der Waals surface area contributed by atoms with Crippen LogP contribution in [0.2, 0.25) is 0 Å². The van der Waals surface area contributed by atoms with Crippen LogP contribution in [0, 0.1) is 0 Å². The summed E-state index contributed by atoms with van der Waals surface area (Å²) < 4.78 is 120. The van der Waals surface area contributed by atoms with Crippen LogP contribution >= 0.6 is 0 Å². The number of nitrogens with zero attached hydrogens (tertiary/aromatic N) is 2. The van der Waals surface area contributed by atoms with Crippen molar-refractivity contribution in [2.24, 2.45) is 0 Å². The molecular weight excluding hydrogens is 535 g/mol. The van der Waals surface area contributed by atoms with E-state index < -0.39 is 40.8 Å². The Morgan fingerprint density at radius 1 is 0.564 bits per heavy atom. The van der Waals surface area contributed by atoms with Crippen molar-refractivity contribution < 1.29 is 39.5 Å². The molecule has 3 aromatic carbocycles. The molecule has 0 spiro atoms. The summed E-state index contributed by atoms with van der Waals surface area (Å²) in [4.78, 5) is 3.89. The highest BCUT2D eigenvalue weighted by Gasteiger charge is 2.40. The minimum Gasteiger partial charge on any atom is -0.369 e. The Morgan fingerprint density at radius 2 is 1.05 bits per heavy atom. The first-order valence-electron chi connectivity index (χ1n) is 12.1. The molecule has 0 aromatic heterocycles. The van der Waals surface area contributed by atoms with E-state index in [1.54, 1.807) is 37.3 Å². The van der Waals surface area contributed by atoms with E-state index in [9.17, 15) is 39.5 Å². The second kappa shape index (κ2) is 10.4. The molecule has 0 bridgehead atoms. The predicted molar refractivity (Wildman–Crippen MR) is 129 cm³/mol. The lowest BCUT2D eigenvalue weighted by Gasteiger charge is -2.47. The van der Waals surface area contributed by atoms with Crippen LogP contribution in [0.25, 0.3) is 0 Å². The fourth-order valence-electron chi connectivity index (χ4n) is 5.03. The highest BCUT2D eigenvalue weighted by atomic mass is 19.4. The second-order valence-electron chi connectivity index (χ2n) is 9.75. The Labute approximate surface area is 219 Å². The Balaban J connectivity index is 1.63. The summed E-state index contributed by atoms with van der Waals surface area (Å²) in [5.41, 5.74) is -3.24. The van der Waals surface area contributed by atoms with Crippen molar-refractivity contribution in [1.82, 2.24) is 4.90 Å². The highest BCUT2D eigenvalue weighted by molar-refractivity contribution is 5.48. The molecule has 3 aromatic rings. The zero-order valence-electron chi connectivity index (χ0n) is 20.8. The maximum Gasteiger partial charge on any atom is 0.416 e. The van der Waals surface area contributed by atoms with Gasteiger partial charge in [-0.05, 0) is 66.9 Å². The minimum atomic E-state index is -4.95. The first-order valence-corrected chi connectivity index (χ1v) is 12.1. The summed E-state index contributed by atoms with van der Waals surface area (Å²) in [6, 6.07) is 15.2. The van der Waals surface area contributed by atoms with E-state index in [-0.39, 0.29) is 18.1 Å². The second-order valence-corrected chi connectivity index (χ2v) is 9.75. The van der Waals surface area contributed by atoms with Crippen molar-refractivity contribution in [3.05, 3.63) is 101 Å². The molecule has 0 aliphatic carbocycles. The van der Waals surface area contributed by atoms with Crippen molar-refractivity contribution in [1.29, 1.82) is 0 Å². The van der Waals surface area contributed by atoms with E-state index in [2.05, 4.69) is 0 Å². The third-order valence-corrected chi connectivity index (χ3v) is 7.13. The van der Waals surface area contributed by atoms with E-state index >= 15 is 0 Å². The fourth-order valence-corrected chi connectivity index (χ4v) is 5.03. The van der Waals surface area contributed by atoms with Gasteiger partial charge in [-0.1, -0.05) is 30.3 Å². The molecule has 1 heterocycles. The lowest BCUT2D eigenvalue weighted by molar-refractivity contribution is -0.143.